The summed E-state index contributed by atoms with van der Waals surface area (Å²) in [6, 6.07) is 13.1. The van der Waals surface area contributed by atoms with E-state index in [1.54, 1.807) is 12.1 Å². The highest BCUT2D eigenvalue weighted by Crippen LogP contribution is 2.31. The van der Waals surface area contributed by atoms with Crippen LogP contribution in [-0.2, 0) is 10.0 Å². The van der Waals surface area contributed by atoms with Crippen molar-refractivity contribution in [1.82, 2.24) is 4.31 Å². The number of benzene rings is 2. The predicted molar refractivity (Wildman–Crippen MR) is 102 cm³/mol. The van der Waals surface area contributed by atoms with Crippen molar-refractivity contribution in [2.75, 3.05) is 45.3 Å². The molecule has 0 unspecified atom stereocenters. The van der Waals surface area contributed by atoms with Crippen LogP contribution in [0.2, 0.25) is 0 Å². The number of hydrogen-bond donors (Lipinski definition) is 0. The normalized spacial score (nSPS) is 15.7. The van der Waals surface area contributed by atoms with Crippen LogP contribution in [0.5, 0.6) is 11.5 Å². The third-order valence-electron chi connectivity index (χ3n) is 4.59. The minimum atomic E-state index is -3.65. The van der Waals surface area contributed by atoms with E-state index >= 15 is 0 Å². The highest BCUT2D eigenvalue weighted by atomic mass is 32.2. The molecule has 1 aliphatic rings. The molecule has 0 bridgehead atoms. The maximum absolute atomic E-state index is 13.1. The van der Waals surface area contributed by atoms with Crippen molar-refractivity contribution in [3.05, 3.63) is 48.0 Å². The lowest BCUT2D eigenvalue weighted by molar-refractivity contribution is 0.371. The summed E-state index contributed by atoms with van der Waals surface area (Å²) < 4.78 is 38.1. The van der Waals surface area contributed by atoms with E-state index in [4.69, 9.17) is 9.47 Å². The zero-order valence-corrected chi connectivity index (χ0v) is 16.1. The second-order valence-corrected chi connectivity index (χ2v) is 8.15. The molecule has 0 aromatic heterocycles. The quantitative estimate of drug-likeness (QED) is 0.803. The van der Waals surface area contributed by atoms with Crippen molar-refractivity contribution in [2.45, 2.75) is 11.8 Å². The molecule has 7 heteroatoms. The van der Waals surface area contributed by atoms with Crippen molar-refractivity contribution >= 4 is 15.7 Å². The molecule has 2 aromatic rings. The van der Waals surface area contributed by atoms with Gasteiger partial charge in [0.15, 0.2) is 0 Å². The van der Waals surface area contributed by atoms with E-state index in [0.29, 0.717) is 37.7 Å². The molecule has 26 heavy (non-hydrogen) atoms. The minimum Gasteiger partial charge on any atom is -0.497 e. The zero-order chi connectivity index (χ0) is 18.7. The van der Waals surface area contributed by atoms with Gasteiger partial charge in [-0.25, -0.2) is 8.42 Å². The lowest BCUT2D eigenvalue weighted by Gasteiger charge is -2.35. The average molecular weight is 376 g/mol. The first kappa shape index (κ1) is 18.5. The molecule has 6 nitrogen and oxygen atoms in total. The van der Waals surface area contributed by atoms with Gasteiger partial charge in [-0.2, -0.15) is 4.31 Å². The van der Waals surface area contributed by atoms with Gasteiger partial charge in [0, 0.05) is 37.9 Å². The molecule has 140 valence electrons. The van der Waals surface area contributed by atoms with Crippen LogP contribution in [0.25, 0.3) is 0 Å². The largest absolute Gasteiger partial charge is 0.497 e. The van der Waals surface area contributed by atoms with Crippen molar-refractivity contribution in [3.8, 4) is 11.5 Å². The van der Waals surface area contributed by atoms with Crippen LogP contribution in [0, 0.1) is 6.92 Å². The molecule has 0 N–H and O–H groups in total. The second kappa shape index (κ2) is 7.55. The number of ether oxygens (including phenoxy) is 2. The highest BCUT2D eigenvalue weighted by Gasteiger charge is 2.31. The topological polar surface area (TPSA) is 59.1 Å². The summed E-state index contributed by atoms with van der Waals surface area (Å²) in [5.41, 5.74) is 2.32. The molecule has 0 amide bonds. The monoisotopic (exact) mass is 376 g/mol. The Morgan fingerprint density at radius 1 is 0.923 bits per heavy atom. The molecule has 0 radical (unpaired) electrons. The van der Waals surface area contributed by atoms with E-state index < -0.39 is 10.0 Å². The molecule has 1 saturated heterocycles. The van der Waals surface area contributed by atoms with Crippen molar-refractivity contribution in [3.63, 3.8) is 0 Å². The summed E-state index contributed by atoms with van der Waals surface area (Å²) in [5.74, 6) is 0.815. The van der Waals surface area contributed by atoms with E-state index in [1.165, 1.54) is 30.2 Å². The molecule has 0 atom stereocenters. The Kier molecular flexibility index (Phi) is 5.38. The van der Waals surface area contributed by atoms with Crippen molar-refractivity contribution in [1.29, 1.82) is 0 Å². The van der Waals surface area contributed by atoms with Crippen LogP contribution >= 0.6 is 0 Å². The smallest absolute Gasteiger partial charge is 0.247 e. The van der Waals surface area contributed by atoms with Gasteiger partial charge in [-0.3, -0.25) is 0 Å². The third kappa shape index (κ3) is 3.64. The molecule has 0 saturated carbocycles. The number of aryl methyl sites for hydroxylation is 1. The van der Waals surface area contributed by atoms with Crippen LogP contribution < -0.4 is 14.4 Å². The predicted octanol–water partition coefficient (Wildman–Crippen LogP) is 2.52. The van der Waals surface area contributed by atoms with Crippen LogP contribution in [0.15, 0.2) is 47.4 Å². The van der Waals surface area contributed by atoms with Gasteiger partial charge in [-0.1, -0.05) is 12.1 Å². The molecule has 1 heterocycles. The third-order valence-corrected chi connectivity index (χ3v) is 6.51. The fourth-order valence-electron chi connectivity index (χ4n) is 3.14. The van der Waals surface area contributed by atoms with Gasteiger partial charge in [0.05, 0.1) is 14.2 Å². The Balaban J connectivity index is 1.80. The lowest BCUT2D eigenvalue weighted by Crippen LogP contribution is -2.48. The Bertz CT molecular complexity index is 875. The van der Waals surface area contributed by atoms with Gasteiger partial charge in [-0.05, 0) is 36.8 Å². The summed E-state index contributed by atoms with van der Waals surface area (Å²) >= 11 is 0. The van der Waals surface area contributed by atoms with Crippen molar-refractivity contribution in [2.24, 2.45) is 0 Å². The van der Waals surface area contributed by atoms with E-state index in [0.717, 1.165) is 5.69 Å². The second-order valence-electron chi connectivity index (χ2n) is 6.25. The zero-order valence-electron chi connectivity index (χ0n) is 15.3. The molecule has 1 aliphatic heterocycles. The number of sulfonamides is 1. The van der Waals surface area contributed by atoms with Crippen LogP contribution in [0.4, 0.5) is 5.69 Å². The SMILES string of the molecule is COc1ccc(OC)c(S(=O)(=O)N2CCN(c3cccc(C)c3)CC2)c1. The minimum absolute atomic E-state index is 0.142. The summed E-state index contributed by atoms with van der Waals surface area (Å²) in [7, 11) is -0.668. The van der Waals surface area contributed by atoms with E-state index in [2.05, 4.69) is 30.0 Å². The highest BCUT2D eigenvalue weighted by molar-refractivity contribution is 7.89. The maximum atomic E-state index is 13.1. The Morgan fingerprint density at radius 2 is 1.65 bits per heavy atom. The Labute approximate surface area is 155 Å². The molecule has 0 spiro atoms. The van der Waals surface area contributed by atoms with Crippen molar-refractivity contribution < 1.29 is 17.9 Å². The summed E-state index contributed by atoms with van der Waals surface area (Å²) in [6.45, 7) is 4.20. The first-order valence-corrected chi connectivity index (χ1v) is 9.93. The van der Waals surface area contributed by atoms with Gasteiger partial charge in [-0.15, -0.1) is 0 Å². The fraction of sp³-hybridized carbons (Fsp3) is 0.368. The molecule has 3 rings (SSSR count). The molecule has 1 fully saturated rings. The lowest BCUT2D eigenvalue weighted by atomic mass is 10.2. The van der Waals surface area contributed by atoms with Crippen LogP contribution in [-0.4, -0.2) is 53.1 Å². The van der Waals surface area contributed by atoms with Gasteiger partial charge >= 0.3 is 0 Å². The molecule has 2 aromatic carbocycles. The number of nitrogens with zero attached hydrogens (tertiary/aromatic N) is 2. The number of anilines is 1. The van der Waals surface area contributed by atoms with E-state index in [9.17, 15) is 8.42 Å². The first-order chi connectivity index (χ1) is 12.5. The Morgan fingerprint density at radius 3 is 2.27 bits per heavy atom. The average Bonchev–Trinajstić information content (AvgIpc) is 2.67. The van der Waals surface area contributed by atoms with Gasteiger partial charge in [0.25, 0.3) is 0 Å². The van der Waals surface area contributed by atoms with E-state index in [-0.39, 0.29) is 4.90 Å². The van der Waals surface area contributed by atoms with Crippen LogP contribution in [0.3, 0.4) is 0 Å². The molecule has 0 aliphatic carbocycles. The molecular weight excluding hydrogens is 352 g/mol. The summed E-state index contributed by atoms with van der Waals surface area (Å²) in [4.78, 5) is 2.35. The first-order valence-electron chi connectivity index (χ1n) is 8.49. The number of piperazine rings is 1. The summed E-state index contributed by atoms with van der Waals surface area (Å²) in [6.07, 6.45) is 0. The number of hydrogen-bond acceptors (Lipinski definition) is 5. The van der Waals surface area contributed by atoms with E-state index in [1.807, 2.05) is 6.07 Å². The summed E-state index contributed by atoms with van der Waals surface area (Å²) in [5, 5.41) is 0. The number of methoxy groups -OCH3 is 2. The number of rotatable bonds is 5. The standard InChI is InChI=1S/C19H24N2O4S/c1-15-5-4-6-16(13-15)20-9-11-21(12-10-20)26(22,23)19-14-17(24-2)7-8-18(19)25-3/h4-8,13-14H,9-12H2,1-3H3. The van der Waals surface area contributed by atoms with Gasteiger partial charge in [0.1, 0.15) is 16.4 Å². The molecular formula is C19H24N2O4S. The fourth-order valence-corrected chi connectivity index (χ4v) is 4.73. The Hall–Kier alpha value is -2.25. The van der Waals surface area contributed by atoms with Gasteiger partial charge < -0.3 is 14.4 Å². The van der Waals surface area contributed by atoms with Gasteiger partial charge in [0.2, 0.25) is 10.0 Å². The van der Waals surface area contributed by atoms with Crippen LogP contribution in [0.1, 0.15) is 5.56 Å². The maximum Gasteiger partial charge on any atom is 0.247 e.